The SMILES string of the molecule is O=C(c1c[nH]c(=O)cn1)N1CCC(c2nccn2Cc2ccncc2)CC1. The lowest BCUT2D eigenvalue weighted by atomic mass is 9.95. The predicted octanol–water partition coefficient (Wildman–Crippen LogP) is 1.43. The number of carbonyl (C=O) groups is 1. The second kappa shape index (κ2) is 7.53. The van der Waals surface area contributed by atoms with E-state index in [9.17, 15) is 9.59 Å². The van der Waals surface area contributed by atoms with E-state index in [-0.39, 0.29) is 17.2 Å². The van der Waals surface area contributed by atoms with Crippen molar-refractivity contribution >= 4 is 5.91 Å². The zero-order chi connectivity index (χ0) is 18.6. The fraction of sp³-hybridized carbons (Fsp3) is 0.316. The number of nitrogens with one attached hydrogen (secondary N) is 1. The van der Waals surface area contributed by atoms with E-state index < -0.39 is 0 Å². The van der Waals surface area contributed by atoms with Crippen LogP contribution in [0.3, 0.4) is 0 Å². The maximum atomic E-state index is 12.5. The van der Waals surface area contributed by atoms with Crippen molar-refractivity contribution in [3.63, 3.8) is 0 Å². The zero-order valence-electron chi connectivity index (χ0n) is 14.8. The molecule has 0 bridgehead atoms. The van der Waals surface area contributed by atoms with Gasteiger partial charge in [0.15, 0.2) is 0 Å². The van der Waals surface area contributed by atoms with Gasteiger partial charge in [-0.05, 0) is 30.5 Å². The highest BCUT2D eigenvalue weighted by Crippen LogP contribution is 2.27. The molecule has 1 amide bonds. The number of amides is 1. The lowest BCUT2D eigenvalue weighted by Crippen LogP contribution is -2.39. The van der Waals surface area contributed by atoms with Crippen LogP contribution in [0.1, 0.15) is 40.6 Å². The summed E-state index contributed by atoms with van der Waals surface area (Å²) in [5, 5.41) is 0. The fourth-order valence-corrected chi connectivity index (χ4v) is 3.46. The topological polar surface area (TPSA) is 96.8 Å². The van der Waals surface area contributed by atoms with E-state index in [1.807, 2.05) is 24.5 Å². The highest BCUT2D eigenvalue weighted by molar-refractivity contribution is 5.92. The summed E-state index contributed by atoms with van der Waals surface area (Å²) in [6.45, 7) is 2.05. The first kappa shape index (κ1) is 17.1. The minimum absolute atomic E-state index is 0.148. The third-order valence-corrected chi connectivity index (χ3v) is 4.89. The number of likely N-dealkylation sites (tertiary alicyclic amines) is 1. The maximum Gasteiger partial charge on any atom is 0.273 e. The number of carbonyl (C=O) groups excluding carboxylic acids is 1. The van der Waals surface area contributed by atoms with E-state index in [0.29, 0.717) is 19.0 Å². The molecular formula is C19H20N6O2. The van der Waals surface area contributed by atoms with Crippen LogP contribution in [0, 0.1) is 0 Å². The number of pyridine rings is 1. The molecule has 27 heavy (non-hydrogen) atoms. The molecule has 1 N–H and O–H groups in total. The summed E-state index contributed by atoms with van der Waals surface area (Å²) < 4.78 is 2.17. The number of rotatable bonds is 4. The van der Waals surface area contributed by atoms with Gasteiger partial charge >= 0.3 is 0 Å². The summed E-state index contributed by atoms with van der Waals surface area (Å²) in [7, 11) is 0. The molecule has 1 aliphatic rings. The average Bonchev–Trinajstić information content (AvgIpc) is 3.17. The van der Waals surface area contributed by atoms with Crippen LogP contribution in [0.4, 0.5) is 0 Å². The van der Waals surface area contributed by atoms with Crippen LogP contribution in [-0.2, 0) is 6.54 Å². The molecule has 138 valence electrons. The van der Waals surface area contributed by atoms with Gasteiger partial charge in [0.05, 0.1) is 6.20 Å². The number of aromatic nitrogens is 5. The highest BCUT2D eigenvalue weighted by Gasteiger charge is 2.27. The summed E-state index contributed by atoms with van der Waals surface area (Å²) >= 11 is 0. The van der Waals surface area contributed by atoms with E-state index in [2.05, 4.69) is 24.5 Å². The van der Waals surface area contributed by atoms with Crippen molar-refractivity contribution in [3.8, 4) is 0 Å². The van der Waals surface area contributed by atoms with Crippen LogP contribution in [0.25, 0.3) is 0 Å². The first-order chi connectivity index (χ1) is 13.2. The predicted molar refractivity (Wildman–Crippen MR) is 98.3 cm³/mol. The summed E-state index contributed by atoms with van der Waals surface area (Å²) in [6, 6.07) is 4.00. The van der Waals surface area contributed by atoms with Gasteiger partial charge in [0, 0.05) is 56.5 Å². The van der Waals surface area contributed by atoms with E-state index in [1.54, 1.807) is 17.3 Å². The Morgan fingerprint density at radius 3 is 2.63 bits per heavy atom. The van der Waals surface area contributed by atoms with Gasteiger partial charge in [-0.15, -0.1) is 0 Å². The van der Waals surface area contributed by atoms with Gasteiger partial charge in [0.2, 0.25) is 0 Å². The van der Waals surface area contributed by atoms with Crippen molar-refractivity contribution < 1.29 is 4.79 Å². The second-order valence-corrected chi connectivity index (χ2v) is 6.63. The minimum Gasteiger partial charge on any atom is -0.337 e. The molecule has 0 atom stereocenters. The quantitative estimate of drug-likeness (QED) is 0.755. The number of nitrogens with zero attached hydrogens (tertiary/aromatic N) is 5. The van der Waals surface area contributed by atoms with Crippen molar-refractivity contribution in [1.82, 2.24) is 29.4 Å². The lowest BCUT2D eigenvalue weighted by Gasteiger charge is -2.31. The van der Waals surface area contributed by atoms with Crippen LogP contribution in [0.5, 0.6) is 0 Å². The van der Waals surface area contributed by atoms with E-state index in [0.717, 1.165) is 31.4 Å². The molecule has 0 aromatic carbocycles. The minimum atomic E-state index is -0.314. The smallest absolute Gasteiger partial charge is 0.273 e. The molecule has 4 heterocycles. The molecule has 1 fully saturated rings. The van der Waals surface area contributed by atoms with Gasteiger partial charge in [0.25, 0.3) is 11.5 Å². The molecule has 1 saturated heterocycles. The van der Waals surface area contributed by atoms with Crippen LogP contribution < -0.4 is 5.56 Å². The number of hydrogen-bond donors (Lipinski definition) is 1. The normalized spacial score (nSPS) is 15.0. The fourth-order valence-electron chi connectivity index (χ4n) is 3.46. The maximum absolute atomic E-state index is 12.5. The Morgan fingerprint density at radius 2 is 1.93 bits per heavy atom. The number of piperidine rings is 1. The Labute approximate surface area is 155 Å². The van der Waals surface area contributed by atoms with Crippen molar-refractivity contribution in [2.75, 3.05) is 13.1 Å². The van der Waals surface area contributed by atoms with Crippen LogP contribution in [0.2, 0.25) is 0 Å². The Bertz CT molecular complexity index is 953. The molecule has 3 aromatic rings. The molecular weight excluding hydrogens is 344 g/mol. The van der Waals surface area contributed by atoms with Crippen LogP contribution in [0.15, 0.2) is 54.1 Å². The standard InChI is InChI=1S/C19H20N6O2/c26-17-12-22-16(11-23-17)19(27)24-8-3-15(4-9-24)18-21-7-10-25(18)13-14-1-5-20-6-2-14/h1-2,5-7,10-12,15H,3-4,8-9,13H2,(H,23,26). The Kier molecular flexibility index (Phi) is 4.78. The van der Waals surface area contributed by atoms with Gasteiger partial charge in [-0.1, -0.05) is 0 Å². The van der Waals surface area contributed by atoms with Crippen molar-refractivity contribution in [2.24, 2.45) is 0 Å². The van der Waals surface area contributed by atoms with Crippen LogP contribution >= 0.6 is 0 Å². The Hall–Kier alpha value is -3.29. The molecule has 3 aromatic heterocycles. The molecule has 0 saturated carbocycles. The summed E-state index contributed by atoms with van der Waals surface area (Å²) in [5.74, 6) is 1.22. The Morgan fingerprint density at radius 1 is 1.15 bits per heavy atom. The first-order valence-electron chi connectivity index (χ1n) is 8.94. The molecule has 0 unspecified atom stereocenters. The summed E-state index contributed by atoms with van der Waals surface area (Å²) in [6.07, 6.45) is 11.6. The van der Waals surface area contributed by atoms with Gasteiger partial charge in [-0.25, -0.2) is 9.97 Å². The third-order valence-electron chi connectivity index (χ3n) is 4.89. The van der Waals surface area contributed by atoms with E-state index in [4.69, 9.17) is 0 Å². The molecule has 0 radical (unpaired) electrons. The summed E-state index contributed by atoms with van der Waals surface area (Å²) in [4.78, 5) is 40.5. The number of imidazole rings is 1. The molecule has 0 aliphatic carbocycles. The van der Waals surface area contributed by atoms with Crippen molar-refractivity contribution in [2.45, 2.75) is 25.3 Å². The molecule has 8 nitrogen and oxygen atoms in total. The Balaban J connectivity index is 1.41. The number of hydrogen-bond acceptors (Lipinski definition) is 5. The second-order valence-electron chi connectivity index (χ2n) is 6.63. The molecule has 4 rings (SSSR count). The van der Waals surface area contributed by atoms with Crippen molar-refractivity contribution in [1.29, 1.82) is 0 Å². The number of H-pyrrole nitrogens is 1. The third kappa shape index (κ3) is 3.79. The van der Waals surface area contributed by atoms with Gasteiger partial charge in [-0.3, -0.25) is 14.6 Å². The monoisotopic (exact) mass is 364 g/mol. The first-order valence-corrected chi connectivity index (χ1v) is 8.94. The van der Waals surface area contributed by atoms with Gasteiger partial charge in [0.1, 0.15) is 11.5 Å². The molecule has 8 heteroatoms. The van der Waals surface area contributed by atoms with E-state index in [1.165, 1.54) is 11.8 Å². The van der Waals surface area contributed by atoms with Crippen molar-refractivity contribution in [3.05, 3.63) is 76.7 Å². The van der Waals surface area contributed by atoms with Gasteiger partial charge < -0.3 is 14.5 Å². The lowest BCUT2D eigenvalue weighted by molar-refractivity contribution is 0.0704. The summed E-state index contributed by atoms with van der Waals surface area (Å²) in [5.41, 5.74) is 1.14. The average molecular weight is 364 g/mol. The molecule has 0 spiro atoms. The zero-order valence-corrected chi connectivity index (χ0v) is 14.8. The highest BCUT2D eigenvalue weighted by atomic mass is 16.2. The largest absolute Gasteiger partial charge is 0.337 e. The van der Waals surface area contributed by atoms with Gasteiger partial charge in [-0.2, -0.15) is 0 Å². The van der Waals surface area contributed by atoms with E-state index >= 15 is 0 Å². The number of aromatic amines is 1. The van der Waals surface area contributed by atoms with Crippen LogP contribution in [-0.4, -0.2) is 48.4 Å². The molecule has 1 aliphatic heterocycles.